The van der Waals surface area contributed by atoms with E-state index in [9.17, 15) is 0 Å². The fraction of sp³-hybridized carbons (Fsp3) is 1.00. The molecule has 6 nitrogen and oxygen atoms in total. The third-order valence-corrected chi connectivity index (χ3v) is 4.03. The molecule has 17 heavy (non-hydrogen) atoms. The van der Waals surface area contributed by atoms with Crippen LogP contribution in [0.2, 0.25) is 0 Å². The number of epoxide rings is 1. The standard InChI is InChI=1S/C11H20N4O2/c1-14-7-15(13-12-14)8-3-4-9(11-6-17-11)10(5-8)16-2/h8-11H,3-7H2,1-2H3. The Hall–Kier alpha value is -0.880. The first kappa shape index (κ1) is 11.2. The van der Waals surface area contributed by atoms with Gasteiger partial charge in [-0.25, -0.2) is 0 Å². The largest absolute Gasteiger partial charge is 0.381 e. The zero-order chi connectivity index (χ0) is 11.8. The second kappa shape index (κ2) is 4.42. The van der Waals surface area contributed by atoms with Crippen molar-refractivity contribution in [1.82, 2.24) is 10.0 Å². The highest BCUT2D eigenvalue weighted by atomic mass is 16.6. The Labute approximate surface area is 102 Å². The van der Waals surface area contributed by atoms with Crippen LogP contribution in [0.5, 0.6) is 0 Å². The van der Waals surface area contributed by atoms with E-state index < -0.39 is 0 Å². The van der Waals surface area contributed by atoms with Crippen LogP contribution in [-0.2, 0) is 9.47 Å². The van der Waals surface area contributed by atoms with E-state index in [0.29, 0.717) is 24.2 Å². The van der Waals surface area contributed by atoms with Gasteiger partial charge in [-0.15, -0.1) is 0 Å². The number of ether oxygens (including phenoxy) is 2. The van der Waals surface area contributed by atoms with E-state index in [4.69, 9.17) is 9.47 Å². The van der Waals surface area contributed by atoms with E-state index in [-0.39, 0.29) is 0 Å². The van der Waals surface area contributed by atoms with Gasteiger partial charge in [0.25, 0.3) is 0 Å². The normalized spacial score (nSPS) is 41.1. The average Bonchev–Trinajstić information content (AvgIpc) is 3.11. The summed E-state index contributed by atoms with van der Waals surface area (Å²) in [5.74, 6) is 0.577. The summed E-state index contributed by atoms with van der Waals surface area (Å²) < 4.78 is 11.0. The van der Waals surface area contributed by atoms with Gasteiger partial charge in [0.1, 0.15) is 6.67 Å². The summed E-state index contributed by atoms with van der Waals surface area (Å²) in [7, 11) is 3.75. The highest BCUT2D eigenvalue weighted by Gasteiger charge is 2.43. The van der Waals surface area contributed by atoms with Crippen LogP contribution < -0.4 is 0 Å². The minimum Gasteiger partial charge on any atom is -0.381 e. The van der Waals surface area contributed by atoms with Gasteiger partial charge in [-0.05, 0) is 19.3 Å². The molecule has 3 aliphatic rings. The lowest BCUT2D eigenvalue weighted by atomic mass is 9.81. The molecule has 4 unspecified atom stereocenters. The van der Waals surface area contributed by atoms with Gasteiger partial charge in [-0.1, -0.05) is 10.4 Å². The molecule has 0 amide bonds. The second-order valence-electron chi connectivity index (χ2n) is 5.19. The maximum absolute atomic E-state index is 5.63. The molecule has 1 saturated carbocycles. The summed E-state index contributed by atoms with van der Waals surface area (Å²) in [6.07, 6.45) is 4.13. The van der Waals surface area contributed by atoms with Crippen LogP contribution in [0, 0.1) is 5.92 Å². The summed E-state index contributed by atoms with van der Waals surface area (Å²) in [6.45, 7) is 1.72. The van der Waals surface area contributed by atoms with Gasteiger partial charge >= 0.3 is 0 Å². The summed E-state index contributed by atoms with van der Waals surface area (Å²) in [4.78, 5) is 0. The first-order chi connectivity index (χ1) is 8.28. The molecule has 0 N–H and O–H groups in total. The number of hydrogen-bond donors (Lipinski definition) is 0. The first-order valence-corrected chi connectivity index (χ1v) is 6.31. The summed E-state index contributed by atoms with van der Waals surface area (Å²) in [5.41, 5.74) is 0. The molecule has 2 heterocycles. The molecule has 2 aliphatic heterocycles. The molecule has 2 fully saturated rings. The van der Waals surface area contributed by atoms with Crippen LogP contribution in [0.15, 0.2) is 10.4 Å². The Bertz CT molecular complexity index is 308. The topological polar surface area (TPSA) is 53.0 Å². The van der Waals surface area contributed by atoms with Crippen molar-refractivity contribution >= 4 is 0 Å². The van der Waals surface area contributed by atoms with E-state index in [1.54, 1.807) is 7.11 Å². The van der Waals surface area contributed by atoms with Crippen molar-refractivity contribution < 1.29 is 9.47 Å². The average molecular weight is 240 g/mol. The molecule has 1 saturated heterocycles. The molecule has 0 bridgehead atoms. The monoisotopic (exact) mass is 240 g/mol. The number of methoxy groups -OCH3 is 1. The van der Waals surface area contributed by atoms with Gasteiger partial charge < -0.3 is 9.47 Å². The maximum atomic E-state index is 5.63. The number of rotatable bonds is 3. The van der Waals surface area contributed by atoms with Crippen molar-refractivity contribution in [3.8, 4) is 0 Å². The molecule has 0 aromatic carbocycles. The predicted octanol–water partition coefficient (Wildman–Crippen LogP) is 1.06. The van der Waals surface area contributed by atoms with Gasteiger partial charge in [-0.2, -0.15) is 0 Å². The lowest BCUT2D eigenvalue weighted by Crippen LogP contribution is -2.43. The van der Waals surface area contributed by atoms with Gasteiger partial charge in [0.05, 0.1) is 24.9 Å². The highest BCUT2D eigenvalue weighted by molar-refractivity contribution is 4.92. The molecular formula is C11H20N4O2. The minimum absolute atomic E-state index is 0.308. The van der Waals surface area contributed by atoms with Crippen LogP contribution in [0.4, 0.5) is 0 Å². The molecule has 0 aromatic heterocycles. The third kappa shape index (κ3) is 2.24. The van der Waals surface area contributed by atoms with Crippen LogP contribution in [-0.4, -0.2) is 55.7 Å². The van der Waals surface area contributed by atoms with Gasteiger partial charge in [-0.3, -0.25) is 10.0 Å². The summed E-state index contributed by atoms with van der Waals surface area (Å²) >= 11 is 0. The fourth-order valence-corrected chi connectivity index (χ4v) is 2.98. The van der Waals surface area contributed by atoms with Crippen molar-refractivity contribution in [3.63, 3.8) is 0 Å². The maximum Gasteiger partial charge on any atom is 0.126 e. The van der Waals surface area contributed by atoms with Crippen LogP contribution in [0.25, 0.3) is 0 Å². The van der Waals surface area contributed by atoms with Gasteiger partial charge in [0, 0.05) is 20.1 Å². The van der Waals surface area contributed by atoms with Crippen molar-refractivity contribution in [3.05, 3.63) is 0 Å². The predicted molar refractivity (Wildman–Crippen MR) is 61.0 cm³/mol. The van der Waals surface area contributed by atoms with E-state index >= 15 is 0 Å². The van der Waals surface area contributed by atoms with Crippen molar-refractivity contribution in [1.29, 1.82) is 0 Å². The first-order valence-electron chi connectivity index (χ1n) is 6.31. The van der Waals surface area contributed by atoms with Crippen LogP contribution in [0.3, 0.4) is 0 Å². The molecular weight excluding hydrogens is 220 g/mol. The Morgan fingerprint density at radius 2 is 2.12 bits per heavy atom. The molecule has 3 rings (SSSR count). The summed E-state index contributed by atoms with van der Waals surface area (Å²) in [6, 6.07) is 0.462. The Kier molecular flexibility index (Phi) is 2.92. The SMILES string of the molecule is COC1CC(N2CN(C)N=N2)CCC1C1CO1. The van der Waals surface area contributed by atoms with E-state index in [1.807, 2.05) is 12.1 Å². The van der Waals surface area contributed by atoms with Crippen molar-refractivity contribution in [2.45, 2.75) is 37.5 Å². The Morgan fingerprint density at radius 3 is 2.71 bits per heavy atom. The number of nitrogens with zero attached hydrogens (tertiary/aromatic N) is 4. The third-order valence-electron chi connectivity index (χ3n) is 4.03. The van der Waals surface area contributed by atoms with Crippen LogP contribution in [0.1, 0.15) is 19.3 Å². The molecule has 0 spiro atoms. The van der Waals surface area contributed by atoms with Gasteiger partial charge in [0.15, 0.2) is 0 Å². The lowest BCUT2D eigenvalue weighted by Gasteiger charge is -2.37. The summed E-state index contributed by atoms with van der Waals surface area (Å²) in [5, 5.41) is 12.2. The van der Waals surface area contributed by atoms with Crippen LogP contribution >= 0.6 is 0 Å². The molecule has 96 valence electrons. The Balaban J connectivity index is 1.60. The zero-order valence-electron chi connectivity index (χ0n) is 10.5. The van der Waals surface area contributed by atoms with Crippen molar-refractivity contribution in [2.75, 3.05) is 27.4 Å². The molecule has 4 atom stereocenters. The molecule has 0 aromatic rings. The highest BCUT2D eigenvalue weighted by Crippen LogP contribution is 2.37. The van der Waals surface area contributed by atoms with E-state index in [1.165, 1.54) is 6.42 Å². The number of hydrogen-bond acceptors (Lipinski definition) is 6. The zero-order valence-corrected chi connectivity index (χ0v) is 10.5. The smallest absolute Gasteiger partial charge is 0.126 e. The quantitative estimate of drug-likeness (QED) is 0.692. The van der Waals surface area contributed by atoms with Crippen molar-refractivity contribution in [2.24, 2.45) is 16.4 Å². The van der Waals surface area contributed by atoms with Gasteiger partial charge in [0.2, 0.25) is 0 Å². The second-order valence-corrected chi connectivity index (χ2v) is 5.19. The van der Waals surface area contributed by atoms with E-state index in [2.05, 4.69) is 15.5 Å². The molecule has 1 aliphatic carbocycles. The molecule has 0 radical (unpaired) electrons. The minimum atomic E-state index is 0.308. The fourth-order valence-electron chi connectivity index (χ4n) is 2.98. The molecule has 6 heteroatoms. The van der Waals surface area contributed by atoms with E-state index in [0.717, 1.165) is 26.1 Å². The lowest BCUT2D eigenvalue weighted by molar-refractivity contribution is -0.0214. The Morgan fingerprint density at radius 1 is 1.29 bits per heavy atom.